The summed E-state index contributed by atoms with van der Waals surface area (Å²) in [6, 6.07) is 13.6. The van der Waals surface area contributed by atoms with Crippen LogP contribution in [0.15, 0.2) is 52.4 Å². The second-order valence-electron chi connectivity index (χ2n) is 5.53. The van der Waals surface area contributed by atoms with Crippen LogP contribution in [0, 0.1) is 6.92 Å². The van der Waals surface area contributed by atoms with Crippen molar-refractivity contribution in [2.75, 3.05) is 12.8 Å². The minimum atomic E-state index is 0. The maximum atomic E-state index is 9.33. The molecule has 25 heavy (non-hydrogen) atoms. The summed E-state index contributed by atoms with van der Waals surface area (Å²) >= 11 is 1.76. The number of thioether (sulfide) groups is 1. The van der Waals surface area contributed by atoms with Crippen LogP contribution in [-0.2, 0) is 13.1 Å². The van der Waals surface area contributed by atoms with Crippen LogP contribution in [-0.4, -0.2) is 23.9 Å². The van der Waals surface area contributed by atoms with Gasteiger partial charge >= 0.3 is 0 Å². The van der Waals surface area contributed by atoms with Crippen molar-refractivity contribution in [2.45, 2.75) is 31.8 Å². The van der Waals surface area contributed by atoms with E-state index in [1.54, 1.807) is 23.9 Å². The predicted octanol–water partition coefficient (Wildman–Crippen LogP) is 4.30. The number of halogens is 1. The zero-order chi connectivity index (χ0) is 17.4. The molecule has 0 bridgehead atoms. The lowest BCUT2D eigenvalue weighted by Gasteiger charge is -2.14. The van der Waals surface area contributed by atoms with Gasteiger partial charge in [0.2, 0.25) is 0 Å². The van der Waals surface area contributed by atoms with Crippen LogP contribution in [0.5, 0.6) is 5.75 Å². The lowest BCUT2D eigenvalue weighted by Crippen LogP contribution is -2.36. The summed E-state index contributed by atoms with van der Waals surface area (Å²) in [5.41, 5.74) is 3.60. The molecule has 4 nitrogen and oxygen atoms in total. The zero-order valence-corrected chi connectivity index (χ0v) is 18.0. The number of benzene rings is 2. The molecular formula is C19H26IN3OS. The van der Waals surface area contributed by atoms with Crippen LogP contribution in [0.3, 0.4) is 0 Å². The van der Waals surface area contributed by atoms with E-state index in [4.69, 9.17) is 0 Å². The number of rotatable bonds is 6. The quantitative estimate of drug-likeness (QED) is 0.255. The Kier molecular flexibility index (Phi) is 9.74. The van der Waals surface area contributed by atoms with Crippen LogP contribution < -0.4 is 10.6 Å². The summed E-state index contributed by atoms with van der Waals surface area (Å²) < 4.78 is 0. The minimum absolute atomic E-state index is 0. The molecule has 0 amide bonds. The predicted molar refractivity (Wildman–Crippen MR) is 118 cm³/mol. The van der Waals surface area contributed by atoms with E-state index in [0.29, 0.717) is 6.54 Å². The molecule has 0 saturated heterocycles. The smallest absolute Gasteiger partial charge is 0.191 e. The third-order valence-electron chi connectivity index (χ3n) is 3.59. The standard InChI is InChI=1S/C19H25N3OS.HI/c1-4-20-19(21-12-15-6-9-17(23)10-7-15)22-13-16-8-5-14(2)11-18(16)24-3;/h5-11,23H,4,12-13H2,1-3H3,(H2,20,21,22);1H. The number of hydrogen-bond donors (Lipinski definition) is 3. The van der Waals surface area contributed by atoms with Gasteiger partial charge in [-0.05, 0) is 55.0 Å². The Balaban J connectivity index is 0.00000312. The fourth-order valence-electron chi connectivity index (χ4n) is 2.29. The molecule has 136 valence electrons. The maximum absolute atomic E-state index is 9.33. The van der Waals surface area contributed by atoms with E-state index in [-0.39, 0.29) is 29.7 Å². The normalized spacial score (nSPS) is 10.9. The minimum Gasteiger partial charge on any atom is -0.508 e. The highest BCUT2D eigenvalue weighted by Gasteiger charge is 2.04. The van der Waals surface area contributed by atoms with Crippen LogP contribution in [0.2, 0.25) is 0 Å². The van der Waals surface area contributed by atoms with Gasteiger partial charge in [0.15, 0.2) is 5.96 Å². The summed E-state index contributed by atoms with van der Waals surface area (Å²) in [6.45, 7) is 6.28. The molecule has 6 heteroatoms. The molecular weight excluding hydrogens is 445 g/mol. The molecule has 2 aromatic rings. The van der Waals surface area contributed by atoms with Gasteiger partial charge in [0.1, 0.15) is 5.75 Å². The van der Waals surface area contributed by atoms with Gasteiger partial charge in [-0.15, -0.1) is 35.7 Å². The third-order valence-corrected chi connectivity index (χ3v) is 4.41. The first-order valence-corrected chi connectivity index (χ1v) is 9.28. The largest absolute Gasteiger partial charge is 0.508 e. The molecule has 0 fully saturated rings. The first-order chi connectivity index (χ1) is 11.6. The molecule has 0 unspecified atom stereocenters. The second kappa shape index (κ2) is 11.3. The van der Waals surface area contributed by atoms with Gasteiger partial charge in [-0.2, -0.15) is 0 Å². The van der Waals surface area contributed by atoms with Crippen LogP contribution >= 0.6 is 35.7 Å². The Hall–Kier alpha value is -1.41. The lowest BCUT2D eigenvalue weighted by atomic mass is 10.1. The number of nitrogens with one attached hydrogen (secondary N) is 2. The van der Waals surface area contributed by atoms with Crippen molar-refractivity contribution in [3.05, 3.63) is 59.2 Å². The third kappa shape index (κ3) is 7.15. The molecule has 0 aliphatic rings. The van der Waals surface area contributed by atoms with Crippen molar-refractivity contribution >= 4 is 41.7 Å². The molecule has 2 rings (SSSR count). The summed E-state index contributed by atoms with van der Waals surface area (Å²) in [5, 5.41) is 16.0. The molecule has 0 aromatic heterocycles. The topological polar surface area (TPSA) is 56.7 Å². The molecule has 0 atom stereocenters. The van der Waals surface area contributed by atoms with Crippen LogP contribution in [0.25, 0.3) is 0 Å². The van der Waals surface area contributed by atoms with E-state index in [9.17, 15) is 5.11 Å². The SMILES string of the molecule is CCNC(=NCc1ccc(O)cc1)NCc1ccc(C)cc1SC.I. The highest BCUT2D eigenvalue weighted by Crippen LogP contribution is 2.21. The molecule has 0 aliphatic heterocycles. The molecule has 0 heterocycles. The van der Waals surface area contributed by atoms with Crippen molar-refractivity contribution in [1.29, 1.82) is 0 Å². The van der Waals surface area contributed by atoms with Gasteiger partial charge in [0.05, 0.1) is 6.54 Å². The highest BCUT2D eigenvalue weighted by atomic mass is 127. The Morgan fingerprint density at radius 2 is 1.84 bits per heavy atom. The highest BCUT2D eigenvalue weighted by molar-refractivity contribution is 14.0. The molecule has 0 spiro atoms. The van der Waals surface area contributed by atoms with Gasteiger partial charge in [-0.3, -0.25) is 0 Å². The van der Waals surface area contributed by atoms with Gasteiger partial charge in [0.25, 0.3) is 0 Å². The Morgan fingerprint density at radius 3 is 2.48 bits per heavy atom. The average Bonchev–Trinajstić information content (AvgIpc) is 2.59. The molecule has 2 aromatic carbocycles. The monoisotopic (exact) mass is 471 g/mol. The van der Waals surface area contributed by atoms with Gasteiger partial charge < -0.3 is 15.7 Å². The number of phenols is 1. The van der Waals surface area contributed by atoms with Gasteiger partial charge in [-0.1, -0.05) is 24.3 Å². The van der Waals surface area contributed by atoms with E-state index in [1.165, 1.54) is 16.0 Å². The van der Waals surface area contributed by atoms with Crippen LogP contribution in [0.1, 0.15) is 23.6 Å². The number of aryl methyl sites for hydroxylation is 1. The summed E-state index contributed by atoms with van der Waals surface area (Å²) in [5.74, 6) is 1.06. The number of aliphatic imine (C=N–C) groups is 1. The fourth-order valence-corrected chi connectivity index (χ4v) is 3.00. The van der Waals surface area contributed by atoms with E-state index >= 15 is 0 Å². The van der Waals surface area contributed by atoms with Crippen molar-refractivity contribution < 1.29 is 5.11 Å². The second-order valence-corrected chi connectivity index (χ2v) is 6.38. The van der Waals surface area contributed by atoms with Crippen molar-refractivity contribution in [3.8, 4) is 5.75 Å². The number of phenolic OH excluding ortho intramolecular Hbond substituents is 1. The van der Waals surface area contributed by atoms with Crippen molar-refractivity contribution in [1.82, 2.24) is 10.6 Å². The average molecular weight is 471 g/mol. The van der Waals surface area contributed by atoms with E-state index in [1.807, 2.05) is 12.1 Å². The Bertz CT molecular complexity index is 690. The number of guanidine groups is 1. The summed E-state index contributed by atoms with van der Waals surface area (Å²) in [4.78, 5) is 5.90. The van der Waals surface area contributed by atoms with E-state index in [2.05, 4.69) is 53.9 Å². The first kappa shape index (κ1) is 21.6. The Morgan fingerprint density at radius 1 is 1.12 bits per heavy atom. The molecule has 0 saturated carbocycles. The first-order valence-electron chi connectivity index (χ1n) is 8.06. The van der Waals surface area contributed by atoms with E-state index in [0.717, 1.165) is 24.6 Å². The van der Waals surface area contributed by atoms with Gasteiger partial charge in [0, 0.05) is 18.0 Å². The summed E-state index contributed by atoms with van der Waals surface area (Å²) in [7, 11) is 0. The summed E-state index contributed by atoms with van der Waals surface area (Å²) in [6.07, 6.45) is 2.10. The number of nitrogens with zero attached hydrogens (tertiary/aromatic N) is 1. The number of aromatic hydroxyl groups is 1. The lowest BCUT2D eigenvalue weighted by molar-refractivity contribution is 0.475. The number of hydrogen-bond acceptors (Lipinski definition) is 3. The van der Waals surface area contributed by atoms with Crippen LogP contribution in [0.4, 0.5) is 0 Å². The maximum Gasteiger partial charge on any atom is 0.191 e. The Labute approximate surface area is 171 Å². The van der Waals surface area contributed by atoms with Gasteiger partial charge in [-0.25, -0.2) is 4.99 Å². The van der Waals surface area contributed by atoms with Crippen molar-refractivity contribution in [2.24, 2.45) is 4.99 Å². The van der Waals surface area contributed by atoms with E-state index < -0.39 is 0 Å². The fraction of sp³-hybridized carbons (Fsp3) is 0.316. The zero-order valence-electron chi connectivity index (χ0n) is 14.9. The molecule has 3 N–H and O–H groups in total. The molecule has 0 radical (unpaired) electrons. The molecule has 0 aliphatic carbocycles. The van der Waals surface area contributed by atoms with Crippen molar-refractivity contribution in [3.63, 3.8) is 0 Å².